The van der Waals surface area contributed by atoms with Crippen LogP contribution in [0.15, 0.2) is 30.5 Å². The Labute approximate surface area is 158 Å². The Kier molecular flexibility index (Phi) is 5.46. The maximum Gasteiger partial charge on any atom is 0.421 e. The molecule has 2 rings (SSSR count). The zero-order valence-electron chi connectivity index (χ0n) is 16.8. The van der Waals surface area contributed by atoms with E-state index in [0.29, 0.717) is 5.69 Å². The molecule has 1 aromatic heterocycles. The number of anilines is 2. The van der Waals surface area contributed by atoms with E-state index in [1.807, 2.05) is 32.9 Å². The third kappa shape index (κ3) is 5.11. The van der Waals surface area contributed by atoms with Gasteiger partial charge in [-0.1, -0.05) is 39.0 Å². The fourth-order valence-corrected chi connectivity index (χ4v) is 2.65. The molecule has 0 radical (unpaired) electrons. The van der Waals surface area contributed by atoms with Crippen LogP contribution in [0, 0.1) is 0 Å². The third-order valence-electron chi connectivity index (χ3n) is 3.84. The number of alkyl halides is 3. The van der Waals surface area contributed by atoms with Gasteiger partial charge in [-0.05, 0) is 37.8 Å². The lowest BCUT2D eigenvalue weighted by molar-refractivity contribution is -0.137. The molecule has 4 nitrogen and oxygen atoms in total. The first-order valence-electron chi connectivity index (χ1n) is 8.66. The maximum absolute atomic E-state index is 13.6. The number of rotatable bonds is 3. The Morgan fingerprint density at radius 1 is 0.926 bits per heavy atom. The molecule has 0 aliphatic carbocycles. The zero-order valence-corrected chi connectivity index (χ0v) is 16.8. The average Bonchev–Trinajstić information content (AvgIpc) is 2.50. The van der Waals surface area contributed by atoms with Gasteiger partial charge in [-0.2, -0.15) is 18.2 Å². The molecule has 148 valence electrons. The van der Waals surface area contributed by atoms with Crippen LogP contribution in [0.4, 0.5) is 24.7 Å². The van der Waals surface area contributed by atoms with Gasteiger partial charge in [0, 0.05) is 18.9 Å². The Bertz CT molecular complexity index is 805. The van der Waals surface area contributed by atoms with E-state index in [1.54, 1.807) is 40.0 Å². The molecule has 0 saturated carbocycles. The predicted octanol–water partition coefficient (Wildman–Crippen LogP) is 5.74. The van der Waals surface area contributed by atoms with E-state index in [0.717, 1.165) is 11.8 Å². The number of benzene rings is 1. The quantitative estimate of drug-likeness (QED) is 0.680. The fourth-order valence-electron chi connectivity index (χ4n) is 2.65. The fraction of sp³-hybridized carbons (Fsp3) is 0.500. The molecule has 0 N–H and O–H groups in total. The van der Waals surface area contributed by atoms with Crippen LogP contribution in [0.1, 0.15) is 52.7 Å². The van der Waals surface area contributed by atoms with Crippen LogP contribution in [0.3, 0.4) is 0 Å². The Balaban J connectivity index is 2.63. The number of para-hydroxylation sites is 1. The van der Waals surface area contributed by atoms with E-state index in [9.17, 15) is 13.2 Å². The summed E-state index contributed by atoms with van der Waals surface area (Å²) in [5, 5.41) is 0. The maximum atomic E-state index is 13.6. The SMILES string of the molecule is CN(c1ccccc1C(C)(C)C)c1nc(OC(C)(C)C)ncc1C(F)(F)F. The number of aromatic nitrogens is 2. The highest BCUT2D eigenvalue weighted by molar-refractivity contribution is 5.67. The Hall–Kier alpha value is -2.31. The molecule has 0 saturated heterocycles. The molecule has 0 aliphatic heterocycles. The summed E-state index contributed by atoms with van der Waals surface area (Å²) in [5.74, 6) is -0.242. The molecule has 0 fully saturated rings. The van der Waals surface area contributed by atoms with Crippen molar-refractivity contribution in [2.24, 2.45) is 0 Å². The van der Waals surface area contributed by atoms with Crippen molar-refractivity contribution in [3.8, 4) is 6.01 Å². The van der Waals surface area contributed by atoms with E-state index < -0.39 is 17.3 Å². The van der Waals surface area contributed by atoms with Crippen molar-refractivity contribution in [2.75, 3.05) is 11.9 Å². The highest BCUT2D eigenvalue weighted by Crippen LogP contribution is 2.40. The normalized spacial score (nSPS) is 12.8. The highest BCUT2D eigenvalue weighted by Gasteiger charge is 2.37. The summed E-state index contributed by atoms with van der Waals surface area (Å²) in [4.78, 5) is 9.30. The lowest BCUT2D eigenvalue weighted by Crippen LogP contribution is -2.26. The first-order chi connectivity index (χ1) is 12.2. The van der Waals surface area contributed by atoms with E-state index in [-0.39, 0.29) is 17.2 Å². The molecule has 1 heterocycles. The van der Waals surface area contributed by atoms with Gasteiger partial charge in [0.2, 0.25) is 0 Å². The molecular weight excluding hydrogens is 355 g/mol. The molecule has 1 aromatic carbocycles. The van der Waals surface area contributed by atoms with Crippen molar-refractivity contribution in [1.82, 2.24) is 9.97 Å². The minimum atomic E-state index is -4.58. The van der Waals surface area contributed by atoms with Crippen LogP contribution >= 0.6 is 0 Å². The van der Waals surface area contributed by atoms with Crippen molar-refractivity contribution in [3.63, 3.8) is 0 Å². The summed E-state index contributed by atoms with van der Waals surface area (Å²) in [6, 6.07) is 7.27. The molecular formula is C20H26F3N3O. The molecule has 0 atom stereocenters. The largest absolute Gasteiger partial charge is 0.458 e. The van der Waals surface area contributed by atoms with Crippen molar-refractivity contribution >= 4 is 11.5 Å². The average molecular weight is 381 g/mol. The van der Waals surface area contributed by atoms with E-state index in [1.165, 1.54) is 4.90 Å². The molecule has 0 bridgehead atoms. The number of hydrogen-bond acceptors (Lipinski definition) is 4. The van der Waals surface area contributed by atoms with Gasteiger partial charge < -0.3 is 9.64 Å². The van der Waals surface area contributed by atoms with Gasteiger partial charge >= 0.3 is 12.2 Å². The summed E-state index contributed by atoms with van der Waals surface area (Å²) >= 11 is 0. The zero-order chi connectivity index (χ0) is 20.6. The first kappa shape index (κ1) is 21.0. The second kappa shape index (κ2) is 7.02. The molecule has 0 amide bonds. The lowest BCUT2D eigenvalue weighted by atomic mass is 9.85. The van der Waals surface area contributed by atoms with E-state index in [2.05, 4.69) is 9.97 Å². The second-order valence-corrected chi connectivity index (χ2v) is 8.43. The number of nitrogens with zero attached hydrogens (tertiary/aromatic N) is 3. The van der Waals surface area contributed by atoms with E-state index >= 15 is 0 Å². The number of halogens is 3. The minimum absolute atomic E-state index is 0.0920. The molecule has 0 spiro atoms. The van der Waals surface area contributed by atoms with Gasteiger partial charge in [-0.15, -0.1) is 0 Å². The van der Waals surface area contributed by atoms with Crippen molar-refractivity contribution in [1.29, 1.82) is 0 Å². The van der Waals surface area contributed by atoms with Crippen LogP contribution in [-0.4, -0.2) is 22.6 Å². The van der Waals surface area contributed by atoms with Gasteiger partial charge in [0.25, 0.3) is 0 Å². The van der Waals surface area contributed by atoms with Crippen molar-refractivity contribution in [3.05, 3.63) is 41.6 Å². The van der Waals surface area contributed by atoms with Crippen LogP contribution in [-0.2, 0) is 11.6 Å². The van der Waals surface area contributed by atoms with Crippen molar-refractivity contribution < 1.29 is 17.9 Å². The third-order valence-corrected chi connectivity index (χ3v) is 3.84. The first-order valence-corrected chi connectivity index (χ1v) is 8.66. The summed E-state index contributed by atoms with van der Waals surface area (Å²) in [6.45, 7) is 11.4. The molecule has 27 heavy (non-hydrogen) atoms. The van der Waals surface area contributed by atoms with Crippen LogP contribution in [0.2, 0.25) is 0 Å². The smallest absolute Gasteiger partial charge is 0.421 e. The lowest BCUT2D eigenvalue weighted by Gasteiger charge is -2.30. The summed E-state index contributed by atoms with van der Waals surface area (Å²) < 4.78 is 46.3. The minimum Gasteiger partial charge on any atom is -0.458 e. The predicted molar refractivity (Wildman–Crippen MR) is 101 cm³/mol. The topological polar surface area (TPSA) is 38.2 Å². The summed E-state index contributed by atoms with van der Waals surface area (Å²) in [7, 11) is 1.57. The summed E-state index contributed by atoms with van der Waals surface area (Å²) in [6.07, 6.45) is -3.81. The van der Waals surface area contributed by atoms with Gasteiger partial charge in [0.1, 0.15) is 11.2 Å². The van der Waals surface area contributed by atoms with Gasteiger partial charge in [-0.3, -0.25) is 0 Å². The van der Waals surface area contributed by atoms with Crippen molar-refractivity contribution in [2.45, 2.75) is 58.7 Å². The molecule has 0 unspecified atom stereocenters. The molecule has 2 aromatic rings. The monoisotopic (exact) mass is 381 g/mol. The van der Waals surface area contributed by atoms with Crippen LogP contribution in [0.5, 0.6) is 6.01 Å². The second-order valence-electron chi connectivity index (χ2n) is 8.43. The van der Waals surface area contributed by atoms with Crippen LogP contribution in [0.25, 0.3) is 0 Å². The molecule has 0 aliphatic rings. The highest BCUT2D eigenvalue weighted by atomic mass is 19.4. The standard InChI is InChI=1S/C20H26F3N3O/c1-18(2,3)13-10-8-9-11-15(13)26(7)16-14(20(21,22)23)12-24-17(25-16)27-19(4,5)6/h8-12H,1-7H3. The van der Waals surface area contributed by atoms with Gasteiger partial charge in [0.15, 0.2) is 5.82 Å². The number of hydrogen-bond donors (Lipinski definition) is 0. The molecule has 7 heteroatoms. The Morgan fingerprint density at radius 3 is 2.04 bits per heavy atom. The summed E-state index contributed by atoms with van der Waals surface area (Å²) in [5.41, 5.74) is -0.219. The van der Waals surface area contributed by atoms with Gasteiger partial charge in [-0.25, -0.2) is 4.98 Å². The number of ether oxygens (including phenoxy) is 1. The van der Waals surface area contributed by atoms with Crippen LogP contribution < -0.4 is 9.64 Å². The Morgan fingerprint density at radius 2 is 1.52 bits per heavy atom. The van der Waals surface area contributed by atoms with E-state index in [4.69, 9.17) is 4.74 Å². The van der Waals surface area contributed by atoms with Gasteiger partial charge in [0.05, 0.1) is 0 Å².